The lowest BCUT2D eigenvalue weighted by Gasteiger charge is -2.26. The molecule has 1 fully saturated rings. The van der Waals surface area contributed by atoms with Gasteiger partial charge in [-0.2, -0.15) is 0 Å². The lowest BCUT2D eigenvalue weighted by Crippen LogP contribution is -2.39. The van der Waals surface area contributed by atoms with Gasteiger partial charge in [0.25, 0.3) is 0 Å². The van der Waals surface area contributed by atoms with Crippen LogP contribution in [0, 0.1) is 5.92 Å². The number of carboxylic acid groups (broad SMARTS) is 1. The molecule has 1 saturated carbocycles. The number of rotatable bonds is 3. The molecule has 0 aromatic heterocycles. The fourth-order valence-electron chi connectivity index (χ4n) is 2.49. The van der Waals surface area contributed by atoms with Crippen LogP contribution in [0.15, 0.2) is 24.3 Å². The quantitative estimate of drug-likeness (QED) is 0.793. The highest BCUT2D eigenvalue weighted by Crippen LogP contribution is 2.23. The smallest absolute Gasteiger partial charge is 0.335 e. The first kappa shape index (κ1) is 14.4. The van der Waals surface area contributed by atoms with Crippen LogP contribution < -0.4 is 10.6 Å². The van der Waals surface area contributed by atoms with Gasteiger partial charge in [-0.3, -0.25) is 0 Å². The zero-order valence-electron chi connectivity index (χ0n) is 11.6. The zero-order chi connectivity index (χ0) is 14.5. The normalized spacial score (nSPS) is 22.1. The molecule has 0 bridgehead atoms. The van der Waals surface area contributed by atoms with Crippen LogP contribution in [0.1, 0.15) is 43.0 Å². The van der Waals surface area contributed by atoms with Crippen molar-refractivity contribution in [3.8, 4) is 0 Å². The van der Waals surface area contributed by atoms with E-state index in [9.17, 15) is 9.59 Å². The number of amides is 2. The Hall–Kier alpha value is -2.04. The lowest BCUT2D eigenvalue weighted by molar-refractivity contribution is 0.0697. The molecule has 108 valence electrons. The van der Waals surface area contributed by atoms with E-state index in [1.807, 2.05) is 0 Å². The summed E-state index contributed by atoms with van der Waals surface area (Å²) in [6.45, 7) is 2.23. The van der Waals surface area contributed by atoms with Crippen LogP contribution in [0.2, 0.25) is 0 Å². The number of urea groups is 1. The van der Waals surface area contributed by atoms with E-state index in [-0.39, 0.29) is 17.6 Å². The van der Waals surface area contributed by atoms with Crippen molar-refractivity contribution < 1.29 is 14.7 Å². The molecule has 0 saturated heterocycles. The van der Waals surface area contributed by atoms with Crippen molar-refractivity contribution in [3.63, 3.8) is 0 Å². The summed E-state index contributed by atoms with van der Waals surface area (Å²) in [5, 5.41) is 14.5. The van der Waals surface area contributed by atoms with Gasteiger partial charge in [-0.05, 0) is 49.8 Å². The fourth-order valence-corrected chi connectivity index (χ4v) is 2.49. The van der Waals surface area contributed by atoms with Crippen molar-refractivity contribution in [2.45, 2.75) is 38.6 Å². The second kappa shape index (κ2) is 6.41. The Balaban J connectivity index is 1.88. The Morgan fingerprint density at radius 1 is 1.20 bits per heavy atom. The van der Waals surface area contributed by atoms with Gasteiger partial charge >= 0.3 is 12.0 Å². The average Bonchev–Trinajstić information content (AvgIpc) is 2.41. The van der Waals surface area contributed by atoms with E-state index >= 15 is 0 Å². The van der Waals surface area contributed by atoms with E-state index < -0.39 is 5.97 Å². The number of carbonyl (C=O) groups excluding carboxylic acids is 1. The van der Waals surface area contributed by atoms with Crippen molar-refractivity contribution >= 4 is 17.7 Å². The minimum Gasteiger partial charge on any atom is -0.478 e. The molecule has 0 radical (unpaired) electrons. The fraction of sp³-hybridized carbons (Fsp3) is 0.467. The standard InChI is InChI=1S/C15H20N2O3/c1-10-5-7-12(8-6-10)16-15(20)17-13-4-2-3-11(9-13)14(18)19/h2-4,9-10,12H,5-8H2,1H3,(H,18,19)(H2,16,17,20). The van der Waals surface area contributed by atoms with E-state index in [0.29, 0.717) is 5.69 Å². The molecule has 1 aromatic rings. The van der Waals surface area contributed by atoms with E-state index in [4.69, 9.17) is 5.11 Å². The predicted octanol–water partition coefficient (Wildman–Crippen LogP) is 3.09. The summed E-state index contributed by atoms with van der Waals surface area (Å²) in [4.78, 5) is 22.7. The van der Waals surface area contributed by atoms with Crippen LogP contribution in [-0.2, 0) is 0 Å². The van der Waals surface area contributed by atoms with E-state index in [1.54, 1.807) is 12.1 Å². The van der Waals surface area contributed by atoms with Crippen LogP contribution in [0.25, 0.3) is 0 Å². The van der Waals surface area contributed by atoms with Crippen molar-refractivity contribution in [2.75, 3.05) is 5.32 Å². The lowest BCUT2D eigenvalue weighted by atomic mass is 9.87. The van der Waals surface area contributed by atoms with Crippen LogP contribution in [0.4, 0.5) is 10.5 Å². The molecule has 0 unspecified atom stereocenters. The molecule has 0 atom stereocenters. The number of carbonyl (C=O) groups is 2. The molecule has 0 spiro atoms. The second-order valence-electron chi connectivity index (χ2n) is 5.44. The molecule has 2 amide bonds. The molecule has 5 nitrogen and oxygen atoms in total. The topological polar surface area (TPSA) is 78.4 Å². The third kappa shape index (κ3) is 3.98. The first-order chi connectivity index (χ1) is 9.54. The molecule has 2 rings (SSSR count). The largest absolute Gasteiger partial charge is 0.478 e. The van der Waals surface area contributed by atoms with Crippen molar-refractivity contribution in [1.29, 1.82) is 0 Å². The van der Waals surface area contributed by atoms with E-state index in [0.717, 1.165) is 31.6 Å². The summed E-state index contributed by atoms with van der Waals surface area (Å²) in [5.74, 6) is -0.265. The van der Waals surface area contributed by atoms with Gasteiger partial charge in [-0.25, -0.2) is 9.59 Å². The van der Waals surface area contributed by atoms with Crippen LogP contribution in [0.5, 0.6) is 0 Å². The molecule has 0 heterocycles. The summed E-state index contributed by atoms with van der Waals surface area (Å²) in [6, 6.07) is 6.18. The predicted molar refractivity (Wildman–Crippen MR) is 77.0 cm³/mol. The first-order valence-electron chi connectivity index (χ1n) is 6.95. The number of nitrogens with one attached hydrogen (secondary N) is 2. The summed E-state index contributed by atoms with van der Waals surface area (Å²) in [7, 11) is 0. The van der Waals surface area contributed by atoms with Gasteiger partial charge in [0.15, 0.2) is 0 Å². The van der Waals surface area contributed by atoms with Gasteiger partial charge in [0.2, 0.25) is 0 Å². The maximum absolute atomic E-state index is 11.9. The van der Waals surface area contributed by atoms with Gasteiger partial charge in [0.05, 0.1) is 5.56 Å². The van der Waals surface area contributed by atoms with Gasteiger partial charge in [-0.15, -0.1) is 0 Å². The molecular weight excluding hydrogens is 256 g/mol. The Kier molecular flexibility index (Phi) is 4.61. The number of hydrogen-bond acceptors (Lipinski definition) is 2. The Bertz CT molecular complexity index is 494. The summed E-state index contributed by atoms with van der Waals surface area (Å²) in [5.41, 5.74) is 0.654. The van der Waals surface area contributed by atoms with Crippen molar-refractivity contribution in [2.24, 2.45) is 5.92 Å². The SMILES string of the molecule is CC1CCC(NC(=O)Nc2cccc(C(=O)O)c2)CC1. The minimum absolute atomic E-state index is 0.161. The summed E-state index contributed by atoms with van der Waals surface area (Å²) < 4.78 is 0. The molecule has 3 N–H and O–H groups in total. The monoisotopic (exact) mass is 276 g/mol. The van der Waals surface area contributed by atoms with Crippen molar-refractivity contribution in [1.82, 2.24) is 5.32 Å². The third-order valence-corrected chi connectivity index (χ3v) is 3.72. The summed E-state index contributed by atoms with van der Waals surface area (Å²) in [6.07, 6.45) is 4.28. The molecule has 1 aliphatic carbocycles. The molecule has 1 aliphatic rings. The highest BCUT2D eigenvalue weighted by Gasteiger charge is 2.19. The minimum atomic E-state index is -1.00. The first-order valence-corrected chi connectivity index (χ1v) is 6.95. The van der Waals surface area contributed by atoms with Crippen LogP contribution in [-0.4, -0.2) is 23.1 Å². The van der Waals surface area contributed by atoms with Crippen LogP contribution >= 0.6 is 0 Å². The highest BCUT2D eigenvalue weighted by molar-refractivity contribution is 5.93. The number of aromatic carboxylic acids is 1. The van der Waals surface area contributed by atoms with Crippen molar-refractivity contribution in [3.05, 3.63) is 29.8 Å². The maximum atomic E-state index is 11.9. The average molecular weight is 276 g/mol. The Labute approximate surface area is 118 Å². The third-order valence-electron chi connectivity index (χ3n) is 3.72. The Morgan fingerprint density at radius 3 is 2.55 bits per heavy atom. The highest BCUT2D eigenvalue weighted by atomic mass is 16.4. The Morgan fingerprint density at radius 2 is 1.90 bits per heavy atom. The van der Waals surface area contributed by atoms with Gasteiger partial charge < -0.3 is 15.7 Å². The molecule has 20 heavy (non-hydrogen) atoms. The molecule has 5 heteroatoms. The maximum Gasteiger partial charge on any atom is 0.335 e. The van der Waals surface area contributed by atoms with E-state index in [1.165, 1.54) is 12.1 Å². The molecular formula is C15H20N2O3. The number of benzene rings is 1. The van der Waals surface area contributed by atoms with Crippen LogP contribution in [0.3, 0.4) is 0 Å². The number of anilines is 1. The molecule has 0 aliphatic heterocycles. The number of carboxylic acids is 1. The zero-order valence-corrected chi connectivity index (χ0v) is 11.6. The molecule has 1 aromatic carbocycles. The number of hydrogen-bond donors (Lipinski definition) is 3. The van der Waals surface area contributed by atoms with E-state index in [2.05, 4.69) is 17.6 Å². The van der Waals surface area contributed by atoms with Gasteiger partial charge in [0, 0.05) is 11.7 Å². The second-order valence-corrected chi connectivity index (χ2v) is 5.44. The summed E-state index contributed by atoms with van der Waals surface area (Å²) >= 11 is 0. The van der Waals surface area contributed by atoms with Gasteiger partial charge in [0.1, 0.15) is 0 Å². The van der Waals surface area contributed by atoms with Gasteiger partial charge in [-0.1, -0.05) is 13.0 Å².